The highest BCUT2D eigenvalue weighted by molar-refractivity contribution is 5.98. The monoisotopic (exact) mass is 295 g/mol. The summed E-state index contributed by atoms with van der Waals surface area (Å²) in [6.45, 7) is 0.0497. The molecule has 0 atom stereocenters. The van der Waals surface area contributed by atoms with Gasteiger partial charge >= 0.3 is 0 Å². The van der Waals surface area contributed by atoms with Crippen LogP contribution in [0.3, 0.4) is 0 Å². The number of rotatable bonds is 3. The maximum absolute atomic E-state index is 13.7. The van der Waals surface area contributed by atoms with Crippen molar-refractivity contribution in [1.29, 1.82) is 5.26 Å². The van der Waals surface area contributed by atoms with E-state index in [9.17, 15) is 9.18 Å². The summed E-state index contributed by atoms with van der Waals surface area (Å²) in [4.78, 5) is 11.8. The van der Waals surface area contributed by atoms with Gasteiger partial charge in [-0.25, -0.2) is 4.39 Å². The average Bonchev–Trinajstić information content (AvgIpc) is 2.54. The predicted molar refractivity (Wildman–Crippen MR) is 79.2 cm³/mol. The van der Waals surface area contributed by atoms with Crippen LogP contribution >= 0.6 is 0 Å². The van der Waals surface area contributed by atoms with Gasteiger partial charge in [0.2, 0.25) is 0 Å². The highest BCUT2D eigenvalue weighted by atomic mass is 19.1. The number of nitrogens with zero attached hydrogens (tertiary/aromatic N) is 1. The van der Waals surface area contributed by atoms with E-state index in [1.165, 1.54) is 18.2 Å². The van der Waals surface area contributed by atoms with E-state index < -0.39 is 5.82 Å². The topological polar surface area (TPSA) is 50.1 Å². The largest absolute Gasteiger partial charge is 0.489 e. The highest BCUT2D eigenvalue weighted by Crippen LogP contribution is 2.26. The predicted octanol–water partition coefficient (Wildman–Crippen LogP) is 3.80. The van der Waals surface area contributed by atoms with Crippen molar-refractivity contribution in [3.8, 4) is 11.8 Å². The van der Waals surface area contributed by atoms with Crippen LogP contribution in [-0.2, 0) is 13.0 Å². The Hall–Kier alpha value is -2.67. The summed E-state index contributed by atoms with van der Waals surface area (Å²) < 4.78 is 19.3. The number of carbonyl (C=O) groups is 1. The van der Waals surface area contributed by atoms with Crippen LogP contribution in [-0.4, -0.2) is 5.78 Å². The van der Waals surface area contributed by atoms with Gasteiger partial charge in [-0.3, -0.25) is 4.79 Å². The normalized spacial score (nSPS) is 13.4. The number of aryl methyl sites for hydroxylation is 1. The molecular weight excluding hydrogens is 281 g/mol. The van der Waals surface area contributed by atoms with Crippen molar-refractivity contribution in [3.63, 3.8) is 0 Å². The molecule has 0 saturated heterocycles. The lowest BCUT2D eigenvalue weighted by atomic mass is 9.90. The summed E-state index contributed by atoms with van der Waals surface area (Å²) in [7, 11) is 0. The number of benzene rings is 2. The number of carbonyl (C=O) groups excluding carboxylic acids is 1. The highest BCUT2D eigenvalue weighted by Gasteiger charge is 2.17. The van der Waals surface area contributed by atoms with E-state index in [0.29, 0.717) is 23.3 Å². The van der Waals surface area contributed by atoms with Crippen LogP contribution in [0.2, 0.25) is 0 Å². The van der Waals surface area contributed by atoms with E-state index in [1.807, 2.05) is 12.1 Å². The lowest BCUT2D eigenvalue weighted by molar-refractivity contribution is 0.0972. The van der Waals surface area contributed by atoms with Gasteiger partial charge in [0.15, 0.2) is 5.78 Å². The second-order valence-corrected chi connectivity index (χ2v) is 5.30. The molecule has 110 valence electrons. The number of hydrogen-bond donors (Lipinski definition) is 0. The molecule has 22 heavy (non-hydrogen) atoms. The third-order valence-electron chi connectivity index (χ3n) is 3.80. The molecule has 0 saturated carbocycles. The molecule has 3 nitrogen and oxygen atoms in total. The first-order chi connectivity index (χ1) is 10.7. The minimum absolute atomic E-state index is 0.0497. The summed E-state index contributed by atoms with van der Waals surface area (Å²) in [6, 6.07) is 11.5. The van der Waals surface area contributed by atoms with Gasteiger partial charge < -0.3 is 4.74 Å². The van der Waals surface area contributed by atoms with Crippen molar-refractivity contribution in [2.45, 2.75) is 25.9 Å². The fourth-order valence-electron chi connectivity index (χ4n) is 2.63. The first-order valence-corrected chi connectivity index (χ1v) is 7.15. The van der Waals surface area contributed by atoms with Crippen molar-refractivity contribution in [1.82, 2.24) is 0 Å². The zero-order chi connectivity index (χ0) is 15.5. The summed E-state index contributed by atoms with van der Waals surface area (Å²) in [5, 5.41) is 8.85. The molecule has 0 unspecified atom stereocenters. The van der Waals surface area contributed by atoms with Crippen LogP contribution in [0.25, 0.3) is 0 Å². The Morgan fingerprint density at radius 3 is 2.86 bits per heavy atom. The molecule has 0 heterocycles. The maximum atomic E-state index is 13.7. The van der Waals surface area contributed by atoms with Gasteiger partial charge in [0.05, 0.1) is 11.6 Å². The quantitative estimate of drug-likeness (QED) is 0.865. The van der Waals surface area contributed by atoms with Gasteiger partial charge in [-0.1, -0.05) is 0 Å². The molecule has 0 amide bonds. The zero-order valence-electron chi connectivity index (χ0n) is 11.9. The molecular formula is C18H14FNO2. The number of ketones is 1. The summed E-state index contributed by atoms with van der Waals surface area (Å²) in [5.74, 6) is 0.378. The zero-order valence-corrected chi connectivity index (χ0v) is 11.9. The summed E-state index contributed by atoms with van der Waals surface area (Å²) in [6.07, 6.45) is 2.31. The molecule has 1 aliphatic carbocycles. The van der Waals surface area contributed by atoms with E-state index >= 15 is 0 Å². The van der Waals surface area contributed by atoms with Crippen LogP contribution in [0.5, 0.6) is 5.75 Å². The first kappa shape index (κ1) is 14.3. The Balaban J connectivity index is 1.77. The minimum atomic E-state index is -0.396. The lowest BCUT2D eigenvalue weighted by Crippen LogP contribution is -2.10. The fourth-order valence-corrected chi connectivity index (χ4v) is 2.63. The number of fused-ring (bicyclic) bond motifs is 1. The molecule has 0 radical (unpaired) electrons. The molecule has 0 spiro atoms. The second kappa shape index (κ2) is 5.98. The number of hydrogen-bond acceptors (Lipinski definition) is 3. The van der Waals surface area contributed by atoms with Crippen LogP contribution in [0.1, 0.15) is 39.9 Å². The van der Waals surface area contributed by atoms with E-state index in [2.05, 4.69) is 0 Å². The number of ether oxygens (including phenoxy) is 1. The molecule has 2 aromatic carbocycles. The molecule has 2 aromatic rings. The molecule has 3 rings (SSSR count). The Morgan fingerprint density at radius 2 is 2.05 bits per heavy atom. The Bertz CT molecular complexity index is 777. The number of halogens is 1. The molecule has 0 fully saturated rings. The van der Waals surface area contributed by atoms with Crippen LogP contribution in [0, 0.1) is 17.1 Å². The number of nitriles is 1. The fraction of sp³-hybridized carbons (Fsp3) is 0.222. The maximum Gasteiger partial charge on any atom is 0.163 e. The van der Waals surface area contributed by atoms with Gasteiger partial charge in [0, 0.05) is 17.5 Å². The average molecular weight is 295 g/mol. The van der Waals surface area contributed by atoms with E-state index in [4.69, 9.17) is 10.00 Å². The van der Waals surface area contributed by atoms with Gasteiger partial charge in [-0.2, -0.15) is 5.26 Å². The molecule has 0 bridgehead atoms. The standard InChI is InChI=1S/C18H14FNO2/c19-17-7-4-12(10-20)8-14(17)11-22-15-5-6-16-13(9-15)2-1-3-18(16)21/h4-9H,1-3,11H2. The number of Topliss-reactive ketones (excluding diaryl/α,β-unsaturated/α-hetero) is 1. The summed E-state index contributed by atoms with van der Waals surface area (Å²) in [5.41, 5.74) is 2.49. The van der Waals surface area contributed by atoms with Crippen LogP contribution < -0.4 is 4.74 Å². The first-order valence-electron chi connectivity index (χ1n) is 7.15. The van der Waals surface area contributed by atoms with Crippen LogP contribution in [0.4, 0.5) is 4.39 Å². The lowest BCUT2D eigenvalue weighted by Gasteiger charge is -2.16. The van der Waals surface area contributed by atoms with Gasteiger partial charge in [-0.15, -0.1) is 0 Å². The van der Waals surface area contributed by atoms with Crippen molar-refractivity contribution in [2.75, 3.05) is 0 Å². The van der Waals surface area contributed by atoms with Crippen molar-refractivity contribution < 1.29 is 13.9 Å². The van der Waals surface area contributed by atoms with Gasteiger partial charge in [0.1, 0.15) is 18.2 Å². The van der Waals surface area contributed by atoms with Crippen LogP contribution in [0.15, 0.2) is 36.4 Å². The molecule has 0 aliphatic heterocycles. The van der Waals surface area contributed by atoms with E-state index in [-0.39, 0.29) is 12.4 Å². The third-order valence-corrected chi connectivity index (χ3v) is 3.80. The summed E-state index contributed by atoms with van der Waals surface area (Å²) >= 11 is 0. The van der Waals surface area contributed by atoms with Crippen molar-refractivity contribution >= 4 is 5.78 Å². The third kappa shape index (κ3) is 2.84. The molecule has 4 heteroatoms. The molecule has 1 aliphatic rings. The second-order valence-electron chi connectivity index (χ2n) is 5.30. The van der Waals surface area contributed by atoms with Crippen molar-refractivity contribution in [3.05, 3.63) is 64.5 Å². The van der Waals surface area contributed by atoms with Gasteiger partial charge in [-0.05, 0) is 54.8 Å². The Labute approximate surface area is 128 Å². The minimum Gasteiger partial charge on any atom is -0.489 e. The SMILES string of the molecule is N#Cc1ccc(F)c(COc2ccc3c(c2)CCCC3=O)c1. The smallest absolute Gasteiger partial charge is 0.163 e. The van der Waals surface area contributed by atoms with E-state index in [0.717, 1.165) is 24.0 Å². The molecule has 0 N–H and O–H groups in total. The Morgan fingerprint density at radius 1 is 1.18 bits per heavy atom. The van der Waals surface area contributed by atoms with E-state index in [1.54, 1.807) is 12.1 Å². The van der Waals surface area contributed by atoms with Gasteiger partial charge in [0.25, 0.3) is 0 Å². The molecule has 0 aromatic heterocycles. The Kier molecular flexibility index (Phi) is 3.88. The van der Waals surface area contributed by atoms with Crippen molar-refractivity contribution in [2.24, 2.45) is 0 Å².